The molecule has 0 aromatic rings. The number of nitrogens with zero attached hydrogens (tertiary/aromatic N) is 1. The Hall–Kier alpha value is -0.610. The highest BCUT2D eigenvalue weighted by atomic mass is 16.5. The molecule has 0 aliphatic carbocycles. The second-order valence-corrected chi connectivity index (χ2v) is 4.69. The van der Waals surface area contributed by atoms with Gasteiger partial charge in [0.15, 0.2) is 0 Å². The number of carbonyl (C=O) groups is 1. The smallest absolute Gasteiger partial charge is 0.229 e. The zero-order valence-corrected chi connectivity index (χ0v) is 11.5. The second kappa shape index (κ2) is 6.97. The molecule has 0 aromatic heterocycles. The Balaban J connectivity index is 2.66. The summed E-state index contributed by atoms with van der Waals surface area (Å²) in [5, 5.41) is 3.34. The molecule has 0 radical (unpaired) electrons. The minimum atomic E-state index is -0.0103. The number of hydrogen-bond donors (Lipinski definition) is 1. The van der Waals surface area contributed by atoms with Gasteiger partial charge in [-0.3, -0.25) is 4.79 Å². The highest BCUT2D eigenvalue weighted by Crippen LogP contribution is 2.18. The number of nitrogens with one attached hydrogen (secondary N) is 1. The summed E-state index contributed by atoms with van der Waals surface area (Å²) in [5.41, 5.74) is 0. The van der Waals surface area contributed by atoms with Crippen LogP contribution in [0.4, 0.5) is 0 Å². The van der Waals surface area contributed by atoms with Gasteiger partial charge < -0.3 is 15.0 Å². The van der Waals surface area contributed by atoms with E-state index in [4.69, 9.17) is 4.74 Å². The van der Waals surface area contributed by atoms with E-state index >= 15 is 0 Å². The molecule has 1 aliphatic heterocycles. The predicted octanol–water partition coefficient (Wildman–Crippen LogP) is 1.26. The van der Waals surface area contributed by atoms with Crippen LogP contribution in [0.25, 0.3) is 0 Å². The Morgan fingerprint density at radius 3 is 2.65 bits per heavy atom. The van der Waals surface area contributed by atoms with Gasteiger partial charge in [-0.2, -0.15) is 0 Å². The van der Waals surface area contributed by atoms with Gasteiger partial charge in [0.05, 0.1) is 19.1 Å². The first kappa shape index (κ1) is 14.5. The molecule has 100 valence electrons. The SMILES string of the molecule is CCNC1COCC1C(=O)N(CC)C(C)CC. The van der Waals surface area contributed by atoms with E-state index in [2.05, 4.69) is 26.1 Å². The maximum Gasteiger partial charge on any atom is 0.229 e. The summed E-state index contributed by atoms with van der Waals surface area (Å²) in [5.74, 6) is 0.231. The van der Waals surface area contributed by atoms with E-state index in [1.165, 1.54) is 0 Å². The minimum Gasteiger partial charge on any atom is -0.379 e. The number of rotatable bonds is 6. The zero-order chi connectivity index (χ0) is 12.8. The number of ether oxygens (including phenoxy) is 1. The van der Waals surface area contributed by atoms with Crippen LogP contribution in [0.1, 0.15) is 34.1 Å². The fourth-order valence-corrected chi connectivity index (χ4v) is 2.38. The molecule has 17 heavy (non-hydrogen) atoms. The Labute approximate surface area is 105 Å². The van der Waals surface area contributed by atoms with Crippen molar-refractivity contribution in [1.29, 1.82) is 0 Å². The van der Waals surface area contributed by atoms with Crippen molar-refractivity contribution >= 4 is 5.91 Å². The van der Waals surface area contributed by atoms with Crippen LogP contribution in [-0.4, -0.2) is 49.2 Å². The topological polar surface area (TPSA) is 41.6 Å². The van der Waals surface area contributed by atoms with Crippen LogP contribution in [0.2, 0.25) is 0 Å². The van der Waals surface area contributed by atoms with Crippen molar-refractivity contribution in [2.24, 2.45) is 5.92 Å². The van der Waals surface area contributed by atoms with Crippen molar-refractivity contribution in [3.63, 3.8) is 0 Å². The van der Waals surface area contributed by atoms with Crippen LogP contribution in [-0.2, 0) is 9.53 Å². The highest BCUT2D eigenvalue weighted by molar-refractivity contribution is 5.80. The summed E-state index contributed by atoms with van der Waals surface area (Å²) in [6.45, 7) is 11.2. The first-order valence-corrected chi connectivity index (χ1v) is 6.77. The van der Waals surface area contributed by atoms with E-state index in [1.54, 1.807) is 0 Å². The largest absolute Gasteiger partial charge is 0.379 e. The molecule has 1 amide bonds. The lowest BCUT2D eigenvalue weighted by molar-refractivity contribution is -0.137. The second-order valence-electron chi connectivity index (χ2n) is 4.69. The molecular formula is C13H26N2O2. The summed E-state index contributed by atoms with van der Waals surface area (Å²) in [7, 11) is 0. The van der Waals surface area contributed by atoms with Crippen LogP contribution in [0, 0.1) is 5.92 Å². The fourth-order valence-electron chi connectivity index (χ4n) is 2.38. The number of carbonyl (C=O) groups excluding carboxylic acids is 1. The molecule has 0 aromatic carbocycles. The maximum absolute atomic E-state index is 12.5. The van der Waals surface area contributed by atoms with Crippen LogP contribution >= 0.6 is 0 Å². The third kappa shape index (κ3) is 3.42. The van der Waals surface area contributed by atoms with E-state index in [9.17, 15) is 4.79 Å². The van der Waals surface area contributed by atoms with Crippen LogP contribution < -0.4 is 5.32 Å². The number of hydrogen-bond acceptors (Lipinski definition) is 3. The average molecular weight is 242 g/mol. The molecule has 0 saturated carbocycles. The van der Waals surface area contributed by atoms with E-state index in [0.29, 0.717) is 19.3 Å². The Bertz CT molecular complexity index is 246. The van der Waals surface area contributed by atoms with Crippen LogP contribution in [0.5, 0.6) is 0 Å². The maximum atomic E-state index is 12.5. The Morgan fingerprint density at radius 1 is 1.41 bits per heavy atom. The fraction of sp³-hybridized carbons (Fsp3) is 0.923. The van der Waals surface area contributed by atoms with Gasteiger partial charge in [0, 0.05) is 18.6 Å². The van der Waals surface area contributed by atoms with Crippen molar-refractivity contribution in [3.8, 4) is 0 Å². The molecular weight excluding hydrogens is 216 g/mol. The van der Waals surface area contributed by atoms with Crippen molar-refractivity contribution in [3.05, 3.63) is 0 Å². The van der Waals surface area contributed by atoms with E-state index in [0.717, 1.165) is 19.5 Å². The summed E-state index contributed by atoms with van der Waals surface area (Å²) >= 11 is 0. The van der Waals surface area contributed by atoms with Gasteiger partial charge in [0.25, 0.3) is 0 Å². The van der Waals surface area contributed by atoms with Gasteiger partial charge >= 0.3 is 0 Å². The third-order valence-corrected chi connectivity index (χ3v) is 3.61. The van der Waals surface area contributed by atoms with Gasteiger partial charge in [-0.15, -0.1) is 0 Å². The minimum absolute atomic E-state index is 0.0103. The molecule has 0 spiro atoms. The first-order valence-electron chi connectivity index (χ1n) is 6.77. The molecule has 3 unspecified atom stereocenters. The monoisotopic (exact) mass is 242 g/mol. The lowest BCUT2D eigenvalue weighted by atomic mass is 10.0. The quantitative estimate of drug-likeness (QED) is 0.762. The van der Waals surface area contributed by atoms with Crippen molar-refractivity contribution in [2.45, 2.75) is 46.2 Å². The predicted molar refractivity (Wildman–Crippen MR) is 68.9 cm³/mol. The van der Waals surface area contributed by atoms with Gasteiger partial charge in [-0.05, 0) is 26.8 Å². The highest BCUT2D eigenvalue weighted by Gasteiger charge is 2.36. The molecule has 4 heteroatoms. The van der Waals surface area contributed by atoms with Crippen molar-refractivity contribution < 1.29 is 9.53 Å². The summed E-state index contributed by atoms with van der Waals surface area (Å²) in [6, 6.07) is 0.501. The lowest BCUT2D eigenvalue weighted by Gasteiger charge is -2.31. The molecule has 1 heterocycles. The molecule has 4 nitrogen and oxygen atoms in total. The normalized spacial score (nSPS) is 25.9. The number of amides is 1. The summed E-state index contributed by atoms with van der Waals surface area (Å²) in [6.07, 6.45) is 0.999. The van der Waals surface area contributed by atoms with Crippen molar-refractivity contribution in [2.75, 3.05) is 26.3 Å². The molecule has 3 atom stereocenters. The van der Waals surface area contributed by atoms with Gasteiger partial charge in [0.2, 0.25) is 5.91 Å². The van der Waals surface area contributed by atoms with Gasteiger partial charge in [0.1, 0.15) is 0 Å². The molecule has 0 bridgehead atoms. The van der Waals surface area contributed by atoms with Crippen LogP contribution in [0.15, 0.2) is 0 Å². The average Bonchev–Trinajstić information content (AvgIpc) is 2.78. The standard InChI is InChI=1S/C13H26N2O2/c1-5-10(4)15(7-3)13(16)11-8-17-9-12(11)14-6-2/h10-12,14H,5-9H2,1-4H3. The molecule has 1 aliphatic rings. The van der Waals surface area contributed by atoms with E-state index < -0.39 is 0 Å². The first-order chi connectivity index (χ1) is 8.15. The van der Waals surface area contributed by atoms with Gasteiger partial charge in [-0.25, -0.2) is 0 Å². The Kier molecular flexibility index (Phi) is 5.92. The van der Waals surface area contributed by atoms with Crippen LogP contribution in [0.3, 0.4) is 0 Å². The molecule has 1 N–H and O–H groups in total. The molecule has 1 rings (SSSR count). The summed E-state index contributed by atoms with van der Waals surface area (Å²) < 4.78 is 5.44. The zero-order valence-electron chi connectivity index (χ0n) is 11.5. The lowest BCUT2D eigenvalue weighted by Crippen LogP contribution is -2.48. The Morgan fingerprint density at radius 2 is 2.12 bits per heavy atom. The third-order valence-electron chi connectivity index (χ3n) is 3.61. The summed E-state index contributed by atoms with van der Waals surface area (Å²) in [4.78, 5) is 14.4. The van der Waals surface area contributed by atoms with Gasteiger partial charge in [-0.1, -0.05) is 13.8 Å². The van der Waals surface area contributed by atoms with Crippen molar-refractivity contribution in [1.82, 2.24) is 10.2 Å². The number of likely N-dealkylation sites (N-methyl/N-ethyl adjacent to an activating group) is 1. The molecule has 1 saturated heterocycles. The van der Waals surface area contributed by atoms with E-state index in [1.807, 2.05) is 11.8 Å². The molecule has 1 fully saturated rings. The van der Waals surface area contributed by atoms with E-state index in [-0.39, 0.29) is 17.9 Å².